The van der Waals surface area contributed by atoms with Gasteiger partial charge in [-0.2, -0.15) is 0 Å². The Morgan fingerprint density at radius 1 is 1.03 bits per heavy atom. The van der Waals surface area contributed by atoms with Crippen molar-refractivity contribution in [1.82, 2.24) is 4.98 Å². The molecule has 0 aliphatic heterocycles. The molecular weight excluding hydrogens is 404 g/mol. The third kappa shape index (κ3) is 4.26. The first-order chi connectivity index (χ1) is 15.9. The number of Topliss-reactive ketones (excluding diaryl/α,β-unsaturated/α-hetero) is 1. The summed E-state index contributed by atoms with van der Waals surface area (Å²) in [5, 5.41) is 10.0. The van der Waals surface area contributed by atoms with E-state index in [1.807, 2.05) is 18.3 Å². The number of carbonyl (C=O) groups is 1. The smallest absolute Gasteiger partial charge is 0.142 e. The highest BCUT2D eigenvalue weighted by molar-refractivity contribution is 6.07. The lowest BCUT2D eigenvalue weighted by Gasteiger charge is -2.41. The Bertz CT molecular complexity index is 1190. The Morgan fingerprint density at radius 3 is 2.61 bits per heavy atom. The molecule has 1 N–H and O–H groups in total. The van der Waals surface area contributed by atoms with Crippen LogP contribution in [0.1, 0.15) is 74.1 Å². The molecule has 1 heterocycles. The SMILES string of the molecule is Cc1c(Cc2cnc3ccccc3c2)cccc1[C@@]1(C)CC(=N)C(C2CCCCC2)C(=O)C1. The fraction of sp³-hybridized carbons (Fsp3) is 0.433. The molecule has 3 nitrogen and oxygen atoms in total. The van der Waals surface area contributed by atoms with Crippen molar-refractivity contribution in [2.45, 2.75) is 70.6 Å². The maximum absolute atomic E-state index is 13.4. The first-order valence-corrected chi connectivity index (χ1v) is 12.5. The second kappa shape index (κ2) is 8.85. The zero-order valence-electron chi connectivity index (χ0n) is 19.9. The Labute approximate surface area is 197 Å². The number of fused-ring (bicyclic) bond motifs is 1. The van der Waals surface area contributed by atoms with E-state index >= 15 is 0 Å². The number of benzene rings is 2. The molecule has 33 heavy (non-hydrogen) atoms. The minimum Gasteiger partial charge on any atom is -0.309 e. The molecule has 0 bridgehead atoms. The van der Waals surface area contributed by atoms with Crippen LogP contribution in [-0.2, 0) is 16.6 Å². The van der Waals surface area contributed by atoms with Gasteiger partial charge in [0.25, 0.3) is 0 Å². The first-order valence-electron chi connectivity index (χ1n) is 12.5. The third-order valence-corrected chi connectivity index (χ3v) is 8.13. The van der Waals surface area contributed by atoms with Gasteiger partial charge in [-0.25, -0.2) is 0 Å². The van der Waals surface area contributed by atoms with Crippen LogP contribution in [0.25, 0.3) is 10.9 Å². The zero-order chi connectivity index (χ0) is 23.0. The minimum absolute atomic E-state index is 0.134. The van der Waals surface area contributed by atoms with Gasteiger partial charge in [0.05, 0.1) is 11.4 Å². The molecule has 1 unspecified atom stereocenters. The van der Waals surface area contributed by atoms with Crippen molar-refractivity contribution >= 4 is 22.4 Å². The van der Waals surface area contributed by atoms with E-state index in [2.05, 4.69) is 55.2 Å². The van der Waals surface area contributed by atoms with E-state index in [0.717, 1.165) is 30.2 Å². The number of rotatable bonds is 4. The number of aromatic nitrogens is 1. The average Bonchev–Trinajstić information content (AvgIpc) is 2.80. The molecule has 2 atom stereocenters. The van der Waals surface area contributed by atoms with E-state index in [4.69, 9.17) is 5.41 Å². The first kappa shape index (κ1) is 22.0. The summed E-state index contributed by atoms with van der Waals surface area (Å²) >= 11 is 0. The molecule has 2 aliphatic rings. The number of ketones is 1. The van der Waals surface area contributed by atoms with E-state index in [-0.39, 0.29) is 11.3 Å². The second-order valence-electron chi connectivity index (χ2n) is 10.6. The number of pyridine rings is 1. The molecular formula is C30H34N2O. The van der Waals surface area contributed by atoms with Crippen molar-refractivity contribution in [3.63, 3.8) is 0 Å². The van der Waals surface area contributed by atoms with Crippen LogP contribution in [0.5, 0.6) is 0 Å². The van der Waals surface area contributed by atoms with Crippen LogP contribution in [0.15, 0.2) is 54.7 Å². The van der Waals surface area contributed by atoms with Gasteiger partial charge in [0, 0.05) is 29.1 Å². The average molecular weight is 439 g/mol. The quantitative estimate of drug-likeness (QED) is 0.478. The van der Waals surface area contributed by atoms with Crippen molar-refractivity contribution in [3.8, 4) is 0 Å². The van der Waals surface area contributed by atoms with Crippen LogP contribution in [0.4, 0.5) is 0 Å². The number of nitrogens with one attached hydrogen (secondary N) is 1. The summed E-state index contributed by atoms with van der Waals surface area (Å²) in [4.78, 5) is 18.0. The normalized spacial score (nSPS) is 24.4. The number of hydrogen-bond acceptors (Lipinski definition) is 3. The molecule has 3 heteroatoms. The van der Waals surface area contributed by atoms with Gasteiger partial charge < -0.3 is 5.41 Å². The highest BCUT2D eigenvalue weighted by Crippen LogP contribution is 2.44. The maximum atomic E-state index is 13.4. The molecule has 0 spiro atoms. The van der Waals surface area contributed by atoms with Gasteiger partial charge in [0.1, 0.15) is 5.78 Å². The number of hydrogen-bond donors (Lipinski definition) is 1. The largest absolute Gasteiger partial charge is 0.309 e. The predicted octanol–water partition coefficient (Wildman–Crippen LogP) is 6.97. The molecule has 0 saturated heterocycles. The van der Waals surface area contributed by atoms with Crippen molar-refractivity contribution in [2.24, 2.45) is 11.8 Å². The Hall–Kier alpha value is -2.81. The van der Waals surface area contributed by atoms with E-state index < -0.39 is 0 Å². The predicted molar refractivity (Wildman–Crippen MR) is 135 cm³/mol. The molecule has 170 valence electrons. The second-order valence-corrected chi connectivity index (χ2v) is 10.6. The highest BCUT2D eigenvalue weighted by atomic mass is 16.1. The van der Waals surface area contributed by atoms with Gasteiger partial charge in [-0.05, 0) is 72.9 Å². The number of para-hydroxylation sites is 1. The van der Waals surface area contributed by atoms with Crippen LogP contribution in [0.3, 0.4) is 0 Å². The fourth-order valence-corrected chi connectivity index (χ4v) is 6.45. The monoisotopic (exact) mass is 438 g/mol. The summed E-state index contributed by atoms with van der Waals surface area (Å²) in [6, 6.07) is 16.9. The van der Waals surface area contributed by atoms with Gasteiger partial charge >= 0.3 is 0 Å². The molecule has 2 saturated carbocycles. The maximum Gasteiger partial charge on any atom is 0.142 e. The molecule has 3 aromatic rings. The Kier molecular flexibility index (Phi) is 5.90. The molecule has 5 rings (SSSR count). The Morgan fingerprint density at radius 2 is 1.82 bits per heavy atom. The molecule has 2 fully saturated rings. The van der Waals surface area contributed by atoms with Gasteiger partial charge in [0.2, 0.25) is 0 Å². The van der Waals surface area contributed by atoms with Crippen molar-refractivity contribution in [1.29, 1.82) is 5.41 Å². The molecule has 0 amide bonds. The van der Waals surface area contributed by atoms with E-state index in [1.165, 1.54) is 41.5 Å². The summed E-state index contributed by atoms with van der Waals surface area (Å²) < 4.78 is 0. The van der Waals surface area contributed by atoms with E-state index in [1.54, 1.807) is 0 Å². The standard InChI is InChI=1S/C30H34N2O/c1-20-23(15-21-16-24-11-6-7-14-27(24)32-19-21)12-8-13-25(20)30(2)17-26(31)29(28(33)18-30)22-9-4-3-5-10-22/h6-8,11-14,16,19,22,29,31H,3-5,9-10,15,17-18H2,1-2H3/t29?,30-/m0/s1. The topological polar surface area (TPSA) is 53.8 Å². The van der Waals surface area contributed by atoms with Crippen LogP contribution >= 0.6 is 0 Å². The number of carbonyl (C=O) groups excluding carboxylic acids is 1. The van der Waals surface area contributed by atoms with E-state index in [9.17, 15) is 4.79 Å². The summed E-state index contributed by atoms with van der Waals surface area (Å²) in [6.45, 7) is 4.38. The lowest BCUT2D eigenvalue weighted by Crippen LogP contribution is -2.45. The zero-order valence-corrected chi connectivity index (χ0v) is 19.9. The Balaban J connectivity index is 1.41. The molecule has 2 aliphatic carbocycles. The van der Waals surface area contributed by atoms with Gasteiger partial charge in [0.15, 0.2) is 0 Å². The summed E-state index contributed by atoms with van der Waals surface area (Å²) in [5.74, 6) is 0.561. The van der Waals surface area contributed by atoms with Crippen LogP contribution in [0, 0.1) is 24.2 Å². The van der Waals surface area contributed by atoms with Crippen LogP contribution < -0.4 is 0 Å². The summed E-state index contributed by atoms with van der Waals surface area (Å²) in [6.07, 6.45) is 9.98. The minimum atomic E-state index is -0.291. The van der Waals surface area contributed by atoms with Gasteiger partial charge in [-0.3, -0.25) is 9.78 Å². The number of nitrogens with zero attached hydrogens (tertiary/aromatic N) is 1. The fourth-order valence-electron chi connectivity index (χ4n) is 6.45. The van der Waals surface area contributed by atoms with Crippen molar-refractivity contribution < 1.29 is 4.79 Å². The molecule has 0 radical (unpaired) electrons. The van der Waals surface area contributed by atoms with Crippen LogP contribution in [0.2, 0.25) is 0 Å². The lowest BCUT2D eigenvalue weighted by atomic mass is 9.61. The lowest BCUT2D eigenvalue weighted by molar-refractivity contribution is -0.124. The molecule has 2 aromatic carbocycles. The van der Waals surface area contributed by atoms with Gasteiger partial charge in [-0.1, -0.05) is 62.6 Å². The molecule has 1 aromatic heterocycles. The van der Waals surface area contributed by atoms with Crippen molar-refractivity contribution in [3.05, 3.63) is 77.0 Å². The third-order valence-electron chi connectivity index (χ3n) is 8.13. The van der Waals surface area contributed by atoms with E-state index in [0.29, 0.717) is 30.3 Å². The van der Waals surface area contributed by atoms with Crippen molar-refractivity contribution in [2.75, 3.05) is 0 Å². The van der Waals surface area contributed by atoms with Crippen LogP contribution in [-0.4, -0.2) is 16.5 Å². The van der Waals surface area contributed by atoms with Gasteiger partial charge in [-0.15, -0.1) is 0 Å². The summed E-state index contributed by atoms with van der Waals surface area (Å²) in [7, 11) is 0. The highest BCUT2D eigenvalue weighted by Gasteiger charge is 2.44. The summed E-state index contributed by atoms with van der Waals surface area (Å²) in [5.41, 5.74) is 6.36.